The van der Waals surface area contributed by atoms with Crippen molar-refractivity contribution in [3.8, 4) is 0 Å². The van der Waals surface area contributed by atoms with E-state index in [0.29, 0.717) is 22.4 Å². The van der Waals surface area contributed by atoms with Crippen molar-refractivity contribution in [2.75, 3.05) is 13.1 Å². The molecule has 1 fully saturated rings. The van der Waals surface area contributed by atoms with E-state index in [1.165, 1.54) is 0 Å². The Labute approximate surface area is 113 Å². The van der Waals surface area contributed by atoms with Crippen LogP contribution in [-0.4, -0.2) is 28.9 Å². The zero-order valence-corrected chi connectivity index (χ0v) is 11.5. The number of thiocarbonyl (C=S) groups is 1. The maximum Gasteiger partial charge on any atom is 0.253 e. The summed E-state index contributed by atoms with van der Waals surface area (Å²) in [6.45, 7) is 6.07. The van der Waals surface area contributed by atoms with E-state index in [2.05, 4.69) is 13.8 Å². The van der Waals surface area contributed by atoms with Gasteiger partial charge in [0.1, 0.15) is 4.99 Å². The van der Waals surface area contributed by atoms with Crippen molar-refractivity contribution in [3.05, 3.63) is 35.4 Å². The van der Waals surface area contributed by atoms with Crippen molar-refractivity contribution in [1.82, 2.24) is 4.90 Å². The second kappa shape index (κ2) is 5.06. The summed E-state index contributed by atoms with van der Waals surface area (Å²) in [7, 11) is 0. The number of amides is 1. The van der Waals surface area contributed by atoms with E-state index >= 15 is 0 Å². The van der Waals surface area contributed by atoms with Crippen LogP contribution in [0.25, 0.3) is 0 Å². The van der Waals surface area contributed by atoms with E-state index in [1.54, 1.807) is 24.3 Å². The lowest BCUT2D eigenvalue weighted by Gasteiger charge is -2.16. The molecule has 1 aliphatic heterocycles. The first-order chi connectivity index (χ1) is 8.49. The molecule has 0 aliphatic carbocycles. The van der Waals surface area contributed by atoms with Gasteiger partial charge in [0.25, 0.3) is 5.91 Å². The molecule has 96 valence electrons. The van der Waals surface area contributed by atoms with Crippen molar-refractivity contribution in [2.24, 2.45) is 17.6 Å². The zero-order valence-electron chi connectivity index (χ0n) is 10.7. The predicted molar refractivity (Wildman–Crippen MR) is 76.6 cm³/mol. The molecule has 2 atom stereocenters. The highest BCUT2D eigenvalue weighted by molar-refractivity contribution is 7.80. The second-order valence-electron chi connectivity index (χ2n) is 5.11. The average molecular weight is 262 g/mol. The van der Waals surface area contributed by atoms with Crippen LogP contribution in [0.4, 0.5) is 0 Å². The molecule has 1 aromatic carbocycles. The molecule has 1 heterocycles. The molecule has 18 heavy (non-hydrogen) atoms. The quantitative estimate of drug-likeness (QED) is 0.830. The minimum absolute atomic E-state index is 0.0979. The number of hydrogen-bond donors (Lipinski definition) is 1. The number of nitrogens with zero attached hydrogens (tertiary/aromatic N) is 1. The molecule has 0 spiro atoms. The summed E-state index contributed by atoms with van der Waals surface area (Å²) in [4.78, 5) is 14.6. The zero-order chi connectivity index (χ0) is 13.3. The highest BCUT2D eigenvalue weighted by atomic mass is 32.1. The fraction of sp³-hybridized carbons (Fsp3) is 0.429. The Morgan fingerprint density at radius 3 is 2.06 bits per heavy atom. The van der Waals surface area contributed by atoms with E-state index in [1.807, 2.05) is 4.90 Å². The van der Waals surface area contributed by atoms with Crippen LogP contribution in [0.15, 0.2) is 24.3 Å². The van der Waals surface area contributed by atoms with Gasteiger partial charge in [-0.05, 0) is 24.0 Å². The molecule has 1 amide bonds. The van der Waals surface area contributed by atoms with Crippen LogP contribution < -0.4 is 5.73 Å². The van der Waals surface area contributed by atoms with Gasteiger partial charge in [0.15, 0.2) is 0 Å². The maximum atomic E-state index is 12.3. The number of nitrogens with two attached hydrogens (primary N) is 1. The summed E-state index contributed by atoms with van der Waals surface area (Å²) < 4.78 is 0. The van der Waals surface area contributed by atoms with Gasteiger partial charge in [0.05, 0.1) is 0 Å². The molecular weight excluding hydrogens is 244 g/mol. The van der Waals surface area contributed by atoms with Crippen LogP contribution >= 0.6 is 12.2 Å². The van der Waals surface area contributed by atoms with Crippen LogP contribution in [-0.2, 0) is 0 Å². The van der Waals surface area contributed by atoms with E-state index in [4.69, 9.17) is 18.0 Å². The number of rotatable bonds is 2. The highest BCUT2D eigenvalue weighted by Crippen LogP contribution is 2.23. The van der Waals surface area contributed by atoms with Gasteiger partial charge in [-0.2, -0.15) is 0 Å². The van der Waals surface area contributed by atoms with Crippen LogP contribution in [0.1, 0.15) is 29.8 Å². The van der Waals surface area contributed by atoms with E-state index in [0.717, 1.165) is 18.7 Å². The molecular formula is C14H18N2OS. The number of benzene rings is 1. The van der Waals surface area contributed by atoms with Gasteiger partial charge in [-0.3, -0.25) is 4.79 Å². The standard InChI is InChI=1S/C14H18N2OS/c1-9-7-16(8-10(9)2)14(17)12-5-3-11(4-6-12)13(15)18/h3-6,9-10H,7-8H2,1-2H3,(H2,15,18). The van der Waals surface area contributed by atoms with E-state index < -0.39 is 0 Å². The van der Waals surface area contributed by atoms with E-state index in [-0.39, 0.29) is 5.91 Å². The number of carbonyl (C=O) groups excluding carboxylic acids is 1. The third-order valence-electron chi connectivity index (χ3n) is 3.69. The molecule has 0 bridgehead atoms. The van der Waals surface area contributed by atoms with Crippen LogP contribution in [0, 0.1) is 11.8 Å². The lowest BCUT2D eigenvalue weighted by molar-refractivity contribution is 0.0785. The minimum Gasteiger partial charge on any atom is -0.389 e. The molecule has 1 aromatic rings. The lowest BCUT2D eigenvalue weighted by atomic mass is 10.0. The molecule has 1 aliphatic rings. The van der Waals surface area contributed by atoms with Gasteiger partial charge in [0.2, 0.25) is 0 Å². The topological polar surface area (TPSA) is 46.3 Å². The van der Waals surface area contributed by atoms with Gasteiger partial charge in [-0.1, -0.05) is 38.2 Å². The summed E-state index contributed by atoms with van der Waals surface area (Å²) in [5.41, 5.74) is 7.04. The van der Waals surface area contributed by atoms with Gasteiger partial charge in [-0.25, -0.2) is 0 Å². The van der Waals surface area contributed by atoms with Crippen molar-refractivity contribution in [1.29, 1.82) is 0 Å². The summed E-state index contributed by atoms with van der Waals surface area (Å²) in [5.74, 6) is 1.25. The first-order valence-corrected chi connectivity index (χ1v) is 6.59. The second-order valence-corrected chi connectivity index (χ2v) is 5.55. The smallest absolute Gasteiger partial charge is 0.253 e. The molecule has 1 saturated heterocycles. The molecule has 2 N–H and O–H groups in total. The molecule has 0 saturated carbocycles. The van der Waals surface area contributed by atoms with Gasteiger partial charge in [0, 0.05) is 24.2 Å². The Balaban J connectivity index is 2.12. The van der Waals surface area contributed by atoms with Crippen LogP contribution in [0.2, 0.25) is 0 Å². The number of carbonyl (C=O) groups is 1. The highest BCUT2D eigenvalue weighted by Gasteiger charge is 2.29. The maximum absolute atomic E-state index is 12.3. The van der Waals surface area contributed by atoms with Crippen molar-refractivity contribution in [3.63, 3.8) is 0 Å². The first kappa shape index (κ1) is 13.0. The van der Waals surface area contributed by atoms with Crippen molar-refractivity contribution < 1.29 is 4.79 Å². The largest absolute Gasteiger partial charge is 0.389 e. The van der Waals surface area contributed by atoms with Crippen LogP contribution in [0.3, 0.4) is 0 Å². The molecule has 2 unspecified atom stereocenters. The van der Waals surface area contributed by atoms with Crippen LogP contribution in [0.5, 0.6) is 0 Å². The third kappa shape index (κ3) is 2.53. The Hall–Kier alpha value is -1.42. The monoisotopic (exact) mass is 262 g/mol. The summed E-state index contributed by atoms with van der Waals surface area (Å²) >= 11 is 4.89. The molecule has 0 aromatic heterocycles. The van der Waals surface area contributed by atoms with E-state index in [9.17, 15) is 4.79 Å². The molecule has 2 rings (SSSR count). The van der Waals surface area contributed by atoms with Gasteiger partial charge < -0.3 is 10.6 Å². The first-order valence-electron chi connectivity index (χ1n) is 6.18. The predicted octanol–water partition coefficient (Wildman–Crippen LogP) is 2.05. The summed E-state index contributed by atoms with van der Waals surface area (Å²) in [5, 5.41) is 0. The summed E-state index contributed by atoms with van der Waals surface area (Å²) in [6, 6.07) is 7.20. The number of hydrogen-bond acceptors (Lipinski definition) is 2. The van der Waals surface area contributed by atoms with Gasteiger partial charge in [-0.15, -0.1) is 0 Å². The normalized spacial score (nSPS) is 23.1. The fourth-order valence-corrected chi connectivity index (χ4v) is 2.39. The SMILES string of the molecule is CC1CN(C(=O)c2ccc(C(N)=S)cc2)CC1C. The average Bonchev–Trinajstić information content (AvgIpc) is 2.69. The third-order valence-corrected chi connectivity index (χ3v) is 3.93. The van der Waals surface area contributed by atoms with Crippen molar-refractivity contribution in [2.45, 2.75) is 13.8 Å². The summed E-state index contributed by atoms with van der Waals surface area (Å²) in [6.07, 6.45) is 0. The Bertz CT molecular complexity index is 459. The van der Waals surface area contributed by atoms with Crippen molar-refractivity contribution >= 4 is 23.1 Å². The van der Waals surface area contributed by atoms with Gasteiger partial charge >= 0.3 is 0 Å². The Morgan fingerprint density at radius 2 is 1.61 bits per heavy atom. The fourth-order valence-electron chi connectivity index (χ4n) is 2.26. The Kier molecular flexibility index (Phi) is 3.66. The lowest BCUT2D eigenvalue weighted by Crippen LogP contribution is -2.28. The minimum atomic E-state index is 0.0979. The molecule has 0 radical (unpaired) electrons. The number of likely N-dealkylation sites (tertiary alicyclic amines) is 1. The molecule has 4 heteroatoms. The Morgan fingerprint density at radius 1 is 1.17 bits per heavy atom. The molecule has 3 nitrogen and oxygen atoms in total.